The van der Waals surface area contributed by atoms with E-state index < -0.39 is 0 Å². The van der Waals surface area contributed by atoms with E-state index in [2.05, 4.69) is 5.32 Å². The van der Waals surface area contributed by atoms with Gasteiger partial charge in [0.15, 0.2) is 11.6 Å². The molecule has 0 aliphatic rings. The Morgan fingerprint density at radius 2 is 1.80 bits per heavy atom. The standard InChI is InChI=1S/C19H22FNO3S/c1-23-16-6-3-14(4-7-16)9-10-21-19(22)13-25-12-15-5-8-18(24-2)17(20)11-15/h3-8,11H,9-10,12-13H2,1-2H3,(H,21,22). The molecule has 25 heavy (non-hydrogen) atoms. The second-order valence-electron chi connectivity index (χ2n) is 5.41. The van der Waals surface area contributed by atoms with Crippen LogP contribution in [0.15, 0.2) is 42.5 Å². The first-order chi connectivity index (χ1) is 12.1. The smallest absolute Gasteiger partial charge is 0.230 e. The van der Waals surface area contributed by atoms with Gasteiger partial charge in [-0.25, -0.2) is 4.39 Å². The van der Waals surface area contributed by atoms with Crippen molar-refractivity contribution >= 4 is 17.7 Å². The fraction of sp³-hybridized carbons (Fsp3) is 0.316. The third kappa shape index (κ3) is 6.31. The molecule has 2 aromatic rings. The molecule has 0 aliphatic carbocycles. The van der Waals surface area contributed by atoms with Crippen molar-refractivity contribution in [3.05, 3.63) is 59.4 Å². The SMILES string of the molecule is COc1ccc(CCNC(=O)CSCc2ccc(OC)c(F)c2)cc1. The number of thioether (sulfide) groups is 1. The van der Waals surface area contributed by atoms with E-state index in [9.17, 15) is 9.18 Å². The number of carbonyl (C=O) groups is 1. The molecule has 0 radical (unpaired) electrons. The molecule has 2 aromatic carbocycles. The Kier molecular flexibility index (Phi) is 7.60. The fourth-order valence-corrected chi connectivity index (χ4v) is 3.06. The predicted octanol–water partition coefficient (Wildman–Crippen LogP) is 3.44. The highest BCUT2D eigenvalue weighted by molar-refractivity contribution is 7.99. The Balaban J connectivity index is 1.65. The topological polar surface area (TPSA) is 47.6 Å². The molecule has 0 saturated carbocycles. The highest BCUT2D eigenvalue weighted by Crippen LogP contribution is 2.20. The van der Waals surface area contributed by atoms with E-state index in [0.29, 0.717) is 18.1 Å². The molecule has 0 atom stereocenters. The Bertz CT molecular complexity index is 692. The lowest BCUT2D eigenvalue weighted by molar-refractivity contribution is -0.118. The third-order valence-electron chi connectivity index (χ3n) is 3.61. The molecule has 0 aromatic heterocycles. The molecule has 0 bridgehead atoms. The highest BCUT2D eigenvalue weighted by Gasteiger charge is 2.05. The first kappa shape index (κ1) is 19.1. The van der Waals surface area contributed by atoms with Crippen LogP contribution in [-0.2, 0) is 17.0 Å². The summed E-state index contributed by atoms with van der Waals surface area (Å²) in [4.78, 5) is 11.8. The van der Waals surface area contributed by atoms with Gasteiger partial charge in [0.05, 0.1) is 20.0 Å². The van der Waals surface area contributed by atoms with Crippen LogP contribution in [0.25, 0.3) is 0 Å². The van der Waals surface area contributed by atoms with Gasteiger partial charge in [-0.15, -0.1) is 11.8 Å². The minimum absolute atomic E-state index is 0.0208. The van der Waals surface area contributed by atoms with Gasteiger partial charge in [-0.05, 0) is 41.8 Å². The summed E-state index contributed by atoms with van der Waals surface area (Å²) in [6, 6.07) is 12.6. The zero-order chi connectivity index (χ0) is 18.1. The Labute approximate surface area is 151 Å². The van der Waals surface area contributed by atoms with Gasteiger partial charge < -0.3 is 14.8 Å². The molecule has 6 heteroatoms. The molecule has 134 valence electrons. The van der Waals surface area contributed by atoms with Gasteiger partial charge in [0, 0.05) is 12.3 Å². The van der Waals surface area contributed by atoms with Crippen LogP contribution in [0.2, 0.25) is 0 Å². The zero-order valence-electron chi connectivity index (χ0n) is 14.4. The van der Waals surface area contributed by atoms with Crippen LogP contribution >= 0.6 is 11.8 Å². The lowest BCUT2D eigenvalue weighted by Crippen LogP contribution is -2.27. The van der Waals surface area contributed by atoms with Crippen molar-refractivity contribution in [2.45, 2.75) is 12.2 Å². The number of benzene rings is 2. The molecule has 1 amide bonds. The number of halogens is 1. The maximum Gasteiger partial charge on any atom is 0.230 e. The Morgan fingerprint density at radius 1 is 1.08 bits per heavy atom. The second kappa shape index (κ2) is 9.93. The van der Waals surface area contributed by atoms with E-state index >= 15 is 0 Å². The molecule has 4 nitrogen and oxygen atoms in total. The minimum atomic E-state index is -0.385. The fourth-order valence-electron chi connectivity index (χ4n) is 2.25. The number of nitrogens with one attached hydrogen (secondary N) is 1. The average molecular weight is 363 g/mol. The van der Waals surface area contributed by atoms with Crippen molar-refractivity contribution in [3.63, 3.8) is 0 Å². The summed E-state index contributed by atoms with van der Waals surface area (Å²) in [6.45, 7) is 0.586. The summed E-state index contributed by atoms with van der Waals surface area (Å²) in [6.07, 6.45) is 0.768. The normalized spacial score (nSPS) is 10.4. The maximum atomic E-state index is 13.6. The number of amides is 1. The van der Waals surface area contributed by atoms with E-state index in [0.717, 1.165) is 23.3 Å². The predicted molar refractivity (Wildman–Crippen MR) is 98.8 cm³/mol. The lowest BCUT2D eigenvalue weighted by atomic mass is 10.1. The van der Waals surface area contributed by atoms with Crippen molar-refractivity contribution in [1.82, 2.24) is 5.32 Å². The van der Waals surface area contributed by atoms with Gasteiger partial charge in [0.25, 0.3) is 0 Å². The summed E-state index contributed by atoms with van der Waals surface area (Å²) in [7, 11) is 3.07. The molecule has 1 N–H and O–H groups in total. The van der Waals surface area contributed by atoms with Crippen molar-refractivity contribution < 1.29 is 18.7 Å². The summed E-state index contributed by atoms with van der Waals surface area (Å²) < 4.78 is 23.6. The Hall–Kier alpha value is -2.21. The minimum Gasteiger partial charge on any atom is -0.497 e. The van der Waals surface area contributed by atoms with Gasteiger partial charge in [-0.2, -0.15) is 0 Å². The Morgan fingerprint density at radius 3 is 2.44 bits per heavy atom. The second-order valence-corrected chi connectivity index (χ2v) is 6.40. The number of hydrogen-bond donors (Lipinski definition) is 1. The zero-order valence-corrected chi connectivity index (χ0v) is 15.2. The number of carbonyl (C=O) groups excluding carboxylic acids is 1. The largest absolute Gasteiger partial charge is 0.497 e. The van der Waals surface area contributed by atoms with Crippen molar-refractivity contribution in [3.8, 4) is 11.5 Å². The lowest BCUT2D eigenvalue weighted by Gasteiger charge is -2.07. The van der Waals surface area contributed by atoms with Crippen molar-refractivity contribution in [2.75, 3.05) is 26.5 Å². The van der Waals surface area contributed by atoms with Crippen LogP contribution in [0.4, 0.5) is 4.39 Å². The number of methoxy groups -OCH3 is 2. The summed E-state index contributed by atoms with van der Waals surface area (Å²) >= 11 is 1.45. The van der Waals surface area contributed by atoms with Gasteiger partial charge in [0.2, 0.25) is 5.91 Å². The van der Waals surface area contributed by atoms with E-state index in [1.807, 2.05) is 24.3 Å². The van der Waals surface area contributed by atoms with Crippen LogP contribution in [-0.4, -0.2) is 32.4 Å². The van der Waals surface area contributed by atoms with E-state index in [1.165, 1.54) is 24.9 Å². The first-order valence-corrected chi connectivity index (χ1v) is 9.07. The molecule has 0 fully saturated rings. The third-order valence-corrected chi connectivity index (χ3v) is 4.62. The highest BCUT2D eigenvalue weighted by atomic mass is 32.2. The molecular formula is C19H22FNO3S. The van der Waals surface area contributed by atoms with Gasteiger partial charge >= 0.3 is 0 Å². The monoisotopic (exact) mass is 363 g/mol. The number of ether oxygens (including phenoxy) is 2. The van der Waals surface area contributed by atoms with E-state index in [4.69, 9.17) is 9.47 Å². The molecular weight excluding hydrogens is 341 g/mol. The van der Waals surface area contributed by atoms with Crippen LogP contribution in [0, 0.1) is 5.82 Å². The summed E-state index contributed by atoms with van der Waals surface area (Å²) in [5, 5.41) is 2.89. The molecule has 0 saturated heterocycles. The molecule has 0 aliphatic heterocycles. The van der Waals surface area contributed by atoms with Gasteiger partial charge in [-0.3, -0.25) is 4.79 Å². The molecule has 0 heterocycles. The number of rotatable bonds is 9. The maximum absolute atomic E-state index is 13.6. The van der Waals surface area contributed by atoms with Gasteiger partial charge in [-0.1, -0.05) is 18.2 Å². The summed E-state index contributed by atoms with van der Waals surface area (Å²) in [5.74, 6) is 1.56. The van der Waals surface area contributed by atoms with Gasteiger partial charge in [0.1, 0.15) is 5.75 Å². The van der Waals surface area contributed by atoms with Crippen LogP contribution < -0.4 is 14.8 Å². The average Bonchev–Trinajstić information content (AvgIpc) is 2.62. The summed E-state index contributed by atoms with van der Waals surface area (Å²) in [5.41, 5.74) is 1.97. The van der Waals surface area contributed by atoms with Crippen molar-refractivity contribution in [1.29, 1.82) is 0 Å². The van der Waals surface area contributed by atoms with Crippen LogP contribution in [0.5, 0.6) is 11.5 Å². The quantitative estimate of drug-likeness (QED) is 0.741. The molecule has 0 unspecified atom stereocenters. The van der Waals surface area contributed by atoms with Crippen LogP contribution in [0.3, 0.4) is 0 Å². The number of hydrogen-bond acceptors (Lipinski definition) is 4. The first-order valence-electron chi connectivity index (χ1n) is 7.92. The molecule has 0 spiro atoms. The van der Waals surface area contributed by atoms with Crippen LogP contribution in [0.1, 0.15) is 11.1 Å². The van der Waals surface area contributed by atoms with E-state index in [1.54, 1.807) is 19.2 Å². The molecule has 2 rings (SSSR count). The van der Waals surface area contributed by atoms with E-state index in [-0.39, 0.29) is 17.5 Å². The van der Waals surface area contributed by atoms with Crippen molar-refractivity contribution in [2.24, 2.45) is 0 Å².